The summed E-state index contributed by atoms with van der Waals surface area (Å²) in [6.45, 7) is 3.04. The second kappa shape index (κ2) is 9.17. The van der Waals surface area contributed by atoms with Crippen molar-refractivity contribution in [2.75, 3.05) is 18.4 Å². The van der Waals surface area contributed by atoms with E-state index in [1.165, 1.54) is 27.2 Å². The minimum atomic E-state index is -3.65. The Morgan fingerprint density at radius 2 is 1.97 bits per heavy atom. The molecule has 0 saturated carbocycles. The van der Waals surface area contributed by atoms with Crippen LogP contribution in [0.15, 0.2) is 23.1 Å². The summed E-state index contributed by atoms with van der Waals surface area (Å²) in [5.74, 6) is 0.205. The highest BCUT2D eigenvalue weighted by molar-refractivity contribution is 7.89. The zero-order valence-electron chi connectivity index (χ0n) is 17.8. The van der Waals surface area contributed by atoms with Crippen LogP contribution in [-0.4, -0.2) is 47.6 Å². The number of carbonyl (C=O) groups is 2. The Morgan fingerprint density at radius 1 is 1.22 bits per heavy atom. The van der Waals surface area contributed by atoms with Crippen LogP contribution in [0.3, 0.4) is 0 Å². The Balaban J connectivity index is 1.77. The Morgan fingerprint density at radius 3 is 2.66 bits per heavy atom. The Hall–Kier alpha value is -2.49. The summed E-state index contributed by atoms with van der Waals surface area (Å²) in [5.41, 5.74) is 1.38. The predicted octanol–water partition coefficient (Wildman–Crippen LogP) is 3.82. The zero-order chi connectivity index (χ0) is 22.9. The van der Waals surface area contributed by atoms with Crippen molar-refractivity contribution in [3.63, 3.8) is 0 Å². The number of aromatic nitrogens is 2. The highest BCUT2D eigenvalue weighted by Crippen LogP contribution is 2.36. The number of fused-ring (bicyclic) bond motifs is 1. The first-order chi connectivity index (χ1) is 15.4. The number of hydrogen-bond donors (Lipinski definition) is 1. The molecule has 1 fully saturated rings. The van der Waals surface area contributed by atoms with E-state index in [1.807, 2.05) is 6.92 Å². The summed E-state index contributed by atoms with van der Waals surface area (Å²) in [4.78, 5) is 28.5. The second-order valence-corrected chi connectivity index (χ2v) is 10.3. The van der Waals surface area contributed by atoms with Crippen molar-refractivity contribution in [3.8, 4) is 0 Å². The number of sulfonamides is 1. The number of anilines is 1. The van der Waals surface area contributed by atoms with E-state index >= 15 is 0 Å². The van der Waals surface area contributed by atoms with Crippen LogP contribution < -0.4 is 5.32 Å². The number of imidazole rings is 1. The molecule has 170 valence electrons. The van der Waals surface area contributed by atoms with Crippen LogP contribution in [0.4, 0.5) is 5.69 Å². The first kappa shape index (κ1) is 22.7. The van der Waals surface area contributed by atoms with Gasteiger partial charge in [0.25, 0.3) is 5.91 Å². The largest absolute Gasteiger partial charge is 0.321 e. The van der Waals surface area contributed by atoms with Gasteiger partial charge in [-0.15, -0.1) is 0 Å². The van der Waals surface area contributed by atoms with Gasteiger partial charge in [-0.3, -0.25) is 14.2 Å². The zero-order valence-corrected chi connectivity index (χ0v) is 19.4. The highest BCUT2D eigenvalue weighted by atomic mass is 35.5. The van der Waals surface area contributed by atoms with Crippen LogP contribution in [0.2, 0.25) is 5.15 Å². The van der Waals surface area contributed by atoms with E-state index in [0.717, 1.165) is 32.1 Å². The summed E-state index contributed by atoms with van der Waals surface area (Å²) in [6, 6.07) is 4.66. The molecule has 1 amide bonds. The van der Waals surface area contributed by atoms with Crippen molar-refractivity contribution in [3.05, 3.63) is 40.4 Å². The molecule has 0 spiro atoms. The molecule has 2 aliphatic rings. The topological polar surface area (TPSA) is 101 Å². The molecule has 4 rings (SSSR count). The number of nitrogens with zero attached hydrogens (tertiary/aromatic N) is 3. The van der Waals surface area contributed by atoms with E-state index in [9.17, 15) is 18.0 Å². The lowest BCUT2D eigenvalue weighted by atomic mass is 10.1. The van der Waals surface area contributed by atoms with E-state index in [0.29, 0.717) is 42.9 Å². The highest BCUT2D eigenvalue weighted by Gasteiger charge is 2.31. The number of hydrogen-bond acceptors (Lipinski definition) is 5. The van der Waals surface area contributed by atoms with Gasteiger partial charge in [0.2, 0.25) is 10.0 Å². The SMILES string of the molecule is CCCCc1nc(C=O)c(Cl)n1/C=C1\C(=O)Nc2ccc(S(=O)(=O)N3CCCCC3)cc21. The number of aryl methyl sites for hydroxylation is 1. The Kier molecular flexibility index (Phi) is 6.50. The normalized spacial score (nSPS) is 18.1. The molecule has 0 radical (unpaired) electrons. The van der Waals surface area contributed by atoms with E-state index in [4.69, 9.17) is 11.6 Å². The summed E-state index contributed by atoms with van der Waals surface area (Å²) < 4.78 is 29.3. The minimum absolute atomic E-state index is 0.106. The fourth-order valence-corrected chi connectivity index (χ4v) is 5.81. The number of halogens is 1. The second-order valence-electron chi connectivity index (χ2n) is 7.96. The van der Waals surface area contributed by atoms with E-state index in [1.54, 1.807) is 6.07 Å². The molecule has 0 unspecified atom stereocenters. The summed E-state index contributed by atoms with van der Waals surface area (Å²) in [7, 11) is -3.65. The summed E-state index contributed by atoms with van der Waals surface area (Å²) >= 11 is 6.36. The van der Waals surface area contributed by atoms with Crippen LogP contribution in [0.25, 0.3) is 11.8 Å². The number of nitrogens with one attached hydrogen (secondary N) is 1. The molecule has 2 aromatic rings. The monoisotopic (exact) mass is 476 g/mol. The third-order valence-electron chi connectivity index (χ3n) is 5.80. The molecule has 1 N–H and O–H groups in total. The lowest BCUT2D eigenvalue weighted by Gasteiger charge is -2.26. The number of rotatable bonds is 7. The molecule has 3 heterocycles. The number of carbonyl (C=O) groups excluding carboxylic acids is 2. The van der Waals surface area contributed by atoms with Crippen LogP contribution in [-0.2, 0) is 21.2 Å². The van der Waals surface area contributed by atoms with E-state index < -0.39 is 10.0 Å². The number of amides is 1. The van der Waals surface area contributed by atoms with Crippen LogP contribution in [0.1, 0.15) is 60.9 Å². The third kappa shape index (κ3) is 4.12. The smallest absolute Gasteiger partial charge is 0.257 e. The average Bonchev–Trinajstić information content (AvgIpc) is 3.28. The molecule has 8 nitrogen and oxygen atoms in total. The van der Waals surface area contributed by atoms with Crippen molar-refractivity contribution in [2.24, 2.45) is 0 Å². The molecule has 2 aliphatic heterocycles. The standard InChI is InChI=1S/C22H25ClN4O4S/c1-2-3-7-20-24-19(14-28)21(23)27(20)13-17-16-12-15(8-9-18(16)25-22(17)29)32(30,31)26-10-5-4-6-11-26/h8-9,12-14H,2-7,10-11H2,1H3,(H,25,29)/b17-13-. The van der Waals surface area contributed by atoms with Gasteiger partial charge >= 0.3 is 0 Å². The fraction of sp³-hybridized carbons (Fsp3) is 0.409. The molecule has 0 bridgehead atoms. The number of unbranched alkanes of at least 4 members (excludes halogenated alkanes) is 1. The number of aldehydes is 1. The van der Waals surface area contributed by atoms with Gasteiger partial charge in [-0.2, -0.15) is 4.31 Å². The maximum Gasteiger partial charge on any atom is 0.257 e. The number of piperidine rings is 1. The Bertz CT molecular complexity index is 1200. The molecular formula is C22H25ClN4O4S. The quantitative estimate of drug-likeness (QED) is 0.483. The molecule has 0 aliphatic carbocycles. The first-order valence-corrected chi connectivity index (χ1v) is 12.6. The van der Waals surface area contributed by atoms with Crippen LogP contribution in [0.5, 0.6) is 0 Å². The van der Waals surface area contributed by atoms with Gasteiger partial charge < -0.3 is 5.32 Å². The van der Waals surface area contributed by atoms with E-state index in [2.05, 4.69) is 10.3 Å². The molecule has 10 heteroatoms. The van der Waals surface area contributed by atoms with Crippen molar-refractivity contribution in [1.82, 2.24) is 13.9 Å². The summed E-state index contributed by atoms with van der Waals surface area (Å²) in [6.07, 6.45) is 7.18. The van der Waals surface area contributed by atoms with Gasteiger partial charge in [0, 0.05) is 37.0 Å². The van der Waals surface area contributed by atoms with Gasteiger partial charge in [0.15, 0.2) is 6.29 Å². The van der Waals surface area contributed by atoms with Crippen molar-refractivity contribution >= 4 is 51.3 Å². The van der Waals surface area contributed by atoms with Gasteiger partial charge in [-0.05, 0) is 37.5 Å². The fourth-order valence-electron chi connectivity index (χ4n) is 4.03. The summed E-state index contributed by atoms with van der Waals surface area (Å²) in [5, 5.41) is 2.89. The first-order valence-electron chi connectivity index (χ1n) is 10.8. The lowest BCUT2D eigenvalue weighted by Crippen LogP contribution is -2.35. The van der Waals surface area contributed by atoms with Crippen molar-refractivity contribution < 1.29 is 18.0 Å². The molecule has 32 heavy (non-hydrogen) atoms. The van der Waals surface area contributed by atoms with Crippen LogP contribution >= 0.6 is 11.6 Å². The van der Waals surface area contributed by atoms with E-state index in [-0.39, 0.29) is 27.2 Å². The predicted molar refractivity (Wildman–Crippen MR) is 123 cm³/mol. The van der Waals surface area contributed by atoms with Crippen molar-refractivity contribution in [2.45, 2.75) is 50.3 Å². The molecule has 1 aromatic heterocycles. The molecular weight excluding hydrogens is 452 g/mol. The molecule has 1 aromatic carbocycles. The van der Waals surface area contributed by atoms with Crippen molar-refractivity contribution in [1.29, 1.82) is 0 Å². The maximum absolute atomic E-state index is 13.1. The van der Waals surface area contributed by atoms with Gasteiger partial charge in [-0.1, -0.05) is 31.4 Å². The van der Waals surface area contributed by atoms with Crippen LogP contribution in [0, 0.1) is 0 Å². The van der Waals surface area contributed by atoms with Gasteiger partial charge in [-0.25, -0.2) is 13.4 Å². The molecule has 1 saturated heterocycles. The maximum atomic E-state index is 13.1. The average molecular weight is 477 g/mol. The Labute approximate surface area is 192 Å². The minimum Gasteiger partial charge on any atom is -0.321 e. The lowest BCUT2D eigenvalue weighted by molar-refractivity contribution is -0.110. The number of benzene rings is 1. The van der Waals surface area contributed by atoms with Gasteiger partial charge in [0.05, 0.1) is 10.5 Å². The molecule has 0 atom stereocenters. The third-order valence-corrected chi connectivity index (χ3v) is 8.07. The van der Waals surface area contributed by atoms with Gasteiger partial charge in [0.1, 0.15) is 16.7 Å².